The molecule has 0 aromatic heterocycles. The molecule has 0 spiro atoms. The molecule has 0 radical (unpaired) electrons. The van der Waals surface area contributed by atoms with Gasteiger partial charge in [0.05, 0.1) is 18.8 Å². The van der Waals surface area contributed by atoms with Gasteiger partial charge in [-0.3, -0.25) is 4.79 Å². The van der Waals surface area contributed by atoms with Gasteiger partial charge in [0.15, 0.2) is 6.10 Å². The Hall–Kier alpha value is -3.02. The fourth-order valence-corrected chi connectivity index (χ4v) is 9.47. The van der Waals surface area contributed by atoms with Crippen molar-refractivity contribution in [1.29, 1.82) is 0 Å². The van der Waals surface area contributed by atoms with E-state index in [1.165, 1.54) is 13.0 Å². The number of carboxylic acid groups (broad SMARTS) is 1. The third kappa shape index (κ3) is 5.94. The molecule has 200 valence electrons. The van der Waals surface area contributed by atoms with Crippen LogP contribution in [0, 0.1) is 0 Å². The Labute approximate surface area is 217 Å². The highest BCUT2D eigenvalue weighted by Gasteiger charge is 2.54. The third-order valence-corrected chi connectivity index (χ3v) is 11.5. The first kappa shape index (κ1) is 28.5. The molecule has 1 amide bonds. The Morgan fingerprint density at radius 1 is 1.03 bits per heavy atom. The summed E-state index contributed by atoms with van der Waals surface area (Å²) in [6.45, 7) is 6.64. The van der Waals surface area contributed by atoms with Gasteiger partial charge < -0.3 is 34.9 Å². The van der Waals surface area contributed by atoms with Gasteiger partial charge in [-0.05, 0) is 21.5 Å². The minimum absolute atomic E-state index is 0.465. The number of carbonyl (C=O) groups is 2. The molecule has 1 aliphatic rings. The van der Waals surface area contributed by atoms with Crippen LogP contribution in [0.4, 0.5) is 0 Å². The van der Waals surface area contributed by atoms with Crippen molar-refractivity contribution in [2.75, 3.05) is 6.61 Å². The summed E-state index contributed by atoms with van der Waals surface area (Å²) in [5, 5.41) is 44.3. The molecule has 2 aromatic rings. The molecule has 0 bridgehead atoms. The van der Waals surface area contributed by atoms with Crippen molar-refractivity contribution in [3.8, 4) is 0 Å². The third-order valence-electron chi connectivity index (χ3n) is 6.51. The highest BCUT2D eigenvalue weighted by molar-refractivity contribution is 6.99. The Kier molecular flexibility index (Phi) is 8.93. The minimum Gasteiger partial charge on any atom is -0.478 e. The van der Waals surface area contributed by atoms with Crippen LogP contribution in [-0.4, -0.2) is 77.7 Å². The standard InChI is InChI=1S/C27H35NO8Si/c1-17(30)28-23-21(15-22(26(33)34)35-25(23)24(32)20(31)16-29)36-37(27(2,3)4,18-11-7-5-8-12-18)19-13-9-6-10-14-19/h5-15,20-21,23-25,29,31-32H,16H2,1-4H3,(H,28,30)(H,33,34)/t20-,21+,23+,24-,25-/m1/s1. The fourth-order valence-electron chi connectivity index (χ4n) is 4.83. The Balaban J connectivity index is 2.26. The number of carbonyl (C=O) groups excluding carboxylic acids is 1. The first-order chi connectivity index (χ1) is 17.4. The molecule has 0 unspecified atom stereocenters. The normalized spacial score (nSPS) is 21.8. The molecule has 1 heterocycles. The van der Waals surface area contributed by atoms with Gasteiger partial charge in [-0.1, -0.05) is 81.4 Å². The predicted molar refractivity (Wildman–Crippen MR) is 140 cm³/mol. The summed E-state index contributed by atoms with van der Waals surface area (Å²) in [6, 6.07) is 18.3. The summed E-state index contributed by atoms with van der Waals surface area (Å²) >= 11 is 0. The number of aliphatic hydroxyl groups is 3. The summed E-state index contributed by atoms with van der Waals surface area (Å²) in [6.07, 6.45) is -4.53. The first-order valence-corrected chi connectivity index (χ1v) is 14.0. The van der Waals surface area contributed by atoms with Crippen LogP contribution < -0.4 is 15.7 Å². The molecular weight excluding hydrogens is 494 g/mol. The molecule has 1 aliphatic heterocycles. The number of amides is 1. The van der Waals surface area contributed by atoms with Crippen molar-refractivity contribution in [1.82, 2.24) is 5.32 Å². The zero-order valence-electron chi connectivity index (χ0n) is 21.4. The van der Waals surface area contributed by atoms with Gasteiger partial charge in [0.2, 0.25) is 11.7 Å². The van der Waals surface area contributed by atoms with Crippen LogP contribution in [0.5, 0.6) is 0 Å². The molecule has 5 N–H and O–H groups in total. The van der Waals surface area contributed by atoms with Crippen molar-refractivity contribution in [2.24, 2.45) is 0 Å². The molecule has 0 saturated carbocycles. The largest absolute Gasteiger partial charge is 0.478 e. The number of rotatable bonds is 9. The Bertz CT molecular complexity index is 1060. The maximum atomic E-state index is 12.2. The van der Waals surface area contributed by atoms with Gasteiger partial charge in [-0.2, -0.15) is 0 Å². The van der Waals surface area contributed by atoms with E-state index in [-0.39, 0.29) is 0 Å². The SMILES string of the molecule is CC(=O)N[C@@H]1[C@H]([C@H](O)[C@H](O)CO)OC(C(=O)O)=C[C@@H]1O[Si](c1ccccc1)(c1ccccc1)C(C)(C)C. The molecule has 9 nitrogen and oxygen atoms in total. The number of hydrogen-bond donors (Lipinski definition) is 5. The molecule has 0 saturated heterocycles. The summed E-state index contributed by atoms with van der Waals surface area (Å²) in [5.74, 6) is -2.35. The van der Waals surface area contributed by atoms with E-state index in [9.17, 15) is 30.0 Å². The quantitative estimate of drug-likeness (QED) is 0.296. The molecule has 0 aliphatic carbocycles. The number of aliphatic hydroxyl groups excluding tert-OH is 3. The highest BCUT2D eigenvalue weighted by atomic mass is 28.4. The average molecular weight is 530 g/mol. The summed E-state index contributed by atoms with van der Waals surface area (Å²) in [7, 11) is -3.23. The van der Waals surface area contributed by atoms with E-state index in [1.807, 2.05) is 60.7 Å². The van der Waals surface area contributed by atoms with Gasteiger partial charge in [0, 0.05) is 6.92 Å². The van der Waals surface area contributed by atoms with Gasteiger partial charge >= 0.3 is 5.97 Å². The highest BCUT2D eigenvalue weighted by Crippen LogP contribution is 2.39. The topological polar surface area (TPSA) is 146 Å². The van der Waals surface area contributed by atoms with E-state index in [1.54, 1.807) is 0 Å². The monoisotopic (exact) mass is 529 g/mol. The van der Waals surface area contributed by atoms with Crippen LogP contribution in [0.2, 0.25) is 5.04 Å². The summed E-state index contributed by atoms with van der Waals surface area (Å²) < 4.78 is 12.6. The van der Waals surface area contributed by atoms with E-state index in [2.05, 4.69) is 26.1 Å². The molecule has 37 heavy (non-hydrogen) atoms. The molecule has 10 heteroatoms. The van der Waals surface area contributed by atoms with Crippen molar-refractivity contribution in [2.45, 2.75) is 63.2 Å². The summed E-state index contributed by atoms with van der Waals surface area (Å²) in [4.78, 5) is 24.3. The second-order valence-electron chi connectivity index (χ2n) is 10.1. The molecule has 2 aromatic carbocycles. The van der Waals surface area contributed by atoms with E-state index in [0.29, 0.717) is 0 Å². The zero-order chi connectivity index (χ0) is 27.4. The fraction of sp³-hybridized carbons (Fsp3) is 0.407. The summed E-state index contributed by atoms with van der Waals surface area (Å²) in [5.41, 5.74) is 0. The maximum absolute atomic E-state index is 12.2. The lowest BCUT2D eigenvalue weighted by molar-refractivity contribution is -0.149. The number of carboxylic acids is 1. The van der Waals surface area contributed by atoms with Crippen LogP contribution >= 0.6 is 0 Å². The van der Waals surface area contributed by atoms with Crippen LogP contribution in [0.25, 0.3) is 0 Å². The average Bonchev–Trinajstić information content (AvgIpc) is 2.86. The molecule has 5 atom stereocenters. The lowest BCUT2D eigenvalue weighted by Crippen LogP contribution is -2.70. The van der Waals surface area contributed by atoms with Crippen molar-refractivity contribution >= 4 is 30.6 Å². The van der Waals surface area contributed by atoms with Crippen molar-refractivity contribution in [3.63, 3.8) is 0 Å². The van der Waals surface area contributed by atoms with Crippen molar-refractivity contribution < 1.29 is 39.2 Å². The van der Waals surface area contributed by atoms with Crippen LogP contribution in [-0.2, 0) is 18.8 Å². The molecule has 3 rings (SSSR count). The number of benzene rings is 2. The second kappa shape index (κ2) is 11.6. The van der Waals surface area contributed by atoms with Crippen LogP contribution in [0.15, 0.2) is 72.5 Å². The van der Waals surface area contributed by atoms with E-state index in [0.717, 1.165) is 10.4 Å². The second-order valence-corrected chi connectivity index (χ2v) is 14.4. The van der Waals surface area contributed by atoms with Gasteiger partial charge in [-0.15, -0.1) is 0 Å². The predicted octanol–water partition coefficient (Wildman–Crippen LogP) is 0.518. The van der Waals surface area contributed by atoms with Gasteiger partial charge in [0.25, 0.3) is 8.32 Å². The number of aliphatic carboxylic acids is 1. The van der Waals surface area contributed by atoms with Crippen LogP contribution in [0.3, 0.4) is 0 Å². The van der Waals surface area contributed by atoms with Crippen molar-refractivity contribution in [3.05, 3.63) is 72.5 Å². The Morgan fingerprint density at radius 2 is 1.54 bits per heavy atom. The van der Waals surface area contributed by atoms with E-state index in [4.69, 9.17) is 9.16 Å². The Morgan fingerprint density at radius 3 is 1.95 bits per heavy atom. The lowest BCUT2D eigenvalue weighted by atomic mass is 9.94. The lowest BCUT2D eigenvalue weighted by Gasteiger charge is -2.48. The minimum atomic E-state index is -3.23. The molecular formula is C27H35NO8Si. The zero-order valence-corrected chi connectivity index (χ0v) is 22.4. The van der Waals surface area contributed by atoms with Crippen LogP contribution in [0.1, 0.15) is 27.7 Å². The molecule has 0 fully saturated rings. The maximum Gasteiger partial charge on any atom is 0.370 e. The van der Waals surface area contributed by atoms with Gasteiger partial charge in [0.1, 0.15) is 12.2 Å². The number of nitrogens with one attached hydrogen (secondary N) is 1. The smallest absolute Gasteiger partial charge is 0.370 e. The van der Waals surface area contributed by atoms with Gasteiger partial charge in [-0.25, -0.2) is 4.79 Å². The first-order valence-electron chi connectivity index (χ1n) is 12.1. The number of hydrogen-bond acceptors (Lipinski definition) is 7. The van der Waals surface area contributed by atoms with E-state index >= 15 is 0 Å². The van der Waals surface area contributed by atoms with E-state index < -0.39 is 68.1 Å². The number of ether oxygens (including phenoxy) is 1.